The number of pyridine rings is 1. The van der Waals surface area contributed by atoms with Gasteiger partial charge in [-0.25, -0.2) is 0 Å². The van der Waals surface area contributed by atoms with Crippen molar-refractivity contribution in [1.82, 2.24) is 14.8 Å². The Labute approximate surface area is 117 Å². The Kier molecular flexibility index (Phi) is 3.21. The van der Waals surface area contributed by atoms with Gasteiger partial charge in [-0.3, -0.25) is 9.67 Å². The third kappa shape index (κ3) is 2.69. The Bertz CT molecular complexity index is 731. The summed E-state index contributed by atoms with van der Waals surface area (Å²) in [6.07, 6.45) is 3.86. The predicted octanol–water partition coefficient (Wildman–Crippen LogP) is 2.88. The van der Waals surface area contributed by atoms with Crippen LogP contribution in [0.2, 0.25) is 0 Å². The van der Waals surface area contributed by atoms with E-state index in [9.17, 15) is 0 Å². The molecule has 4 heteroatoms. The van der Waals surface area contributed by atoms with Gasteiger partial charge in [0.25, 0.3) is 0 Å². The van der Waals surface area contributed by atoms with E-state index in [1.165, 1.54) is 0 Å². The SMILES string of the molecule is Cc1cccc(Cn2cc(-c3cccc(N)c3)cn2)n1. The van der Waals surface area contributed by atoms with E-state index in [-0.39, 0.29) is 0 Å². The maximum atomic E-state index is 5.81. The van der Waals surface area contributed by atoms with Crippen molar-refractivity contribution in [2.75, 3.05) is 5.73 Å². The van der Waals surface area contributed by atoms with E-state index in [0.717, 1.165) is 28.2 Å². The summed E-state index contributed by atoms with van der Waals surface area (Å²) in [6.45, 7) is 2.66. The molecule has 3 rings (SSSR count). The molecule has 2 N–H and O–H groups in total. The highest BCUT2D eigenvalue weighted by molar-refractivity contribution is 5.65. The van der Waals surface area contributed by atoms with E-state index in [1.807, 2.05) is 66.5 Å². The Morgan fingerprint density at radius 2 is 1.95 bits per heavy atom. The lowest BCUT2D eigenvalue weighted by Crippen LogP contribution is -2.02. The Morgan fingerprint density at radius 3 is 2.75 bits per heavy atom. The first-order valence-corrected chi connectivity index (χ1v) is 6.51. The van der Waals surface area contributed by atoms with Crippen LogP contribution in [-0.2, 0) is 6.54 Å². The molecule has 2 heterocycles. The second-order valence-electron chi connectivity index (χ2n) is 4.82. The summed E-state index contributed by atoms with van der Waals surface area (Å²) in [5.41, 5.74) is 10.7. The average molecular weight is 264 g/mol. The standard InChI is InChI=1S/C16H16N4/c1-12-4-2-7-16(19-12)11-20-10-14(9-18-20)13-5-3-6-15(17)8-13/h2-10H,11,17H2,1H3. The largest absolute Gasteiger partial charge is 0.399 e. The van der Waals surface area contributed by atoms with Crippen molar-refractivity contribution < 1.29 is 0 Å². The number of aromatic nitrogens is 3. The van der Waals surface area contributed by atoms with Crippen molar-refractivity contribution in [3.63, 3.8) is 0 Å². The molecule has 100 valence electrons. The van der Waals surface area contributed by atoms with Crippen LogP contribution in [0.15, 0.2) is 54.9 Å². The number of hydrogen-bond donors (Lipinski definition) is 1. The van der Waals surface area contributed by atoms with Crippen molar-refractivity contribution in [3.8, 4) is 11.1 Å². The molecule has 0 atom stereocenters. The van der Waals surface area contributed by atoms with Crippen LogP contribution in [0.4, 0.5) is 5.69 Å². The molecule has 0 fully saturated rings. The lowest BCUT2D eigenvalue weighted by atomic mass is 10.1. The van der Waals surface area contributed by atoms with Crippen LogP contribution in [0.3, 0.4) is 0 Å². The fraction of sp³-hybridized carbons (Fsp3) is 0.125. The third-order valence-electron chi connectivity index (χ3n) is 3.12. The average Bonchev–Trinajstić information content (AvgIpc) is 2.87. The van der Waals surface area contributed by atoms with E-state index < -0.39 is 0 Å². The Balaban J connectivity index is 1.84. The van der Waals surface area contributed by atoms with Gasteiger partial charge < -0.3 is 5.73 Å². The number of aryl methyl sites for hydroxylation is 1. The van der Waals surface area contributed by atoms with Gasteiger partial charge in [-0.15, -0.1) is 0 Å². The van der Waals surface area contributed by atoms with E-state index in [0.29, 0.717) is 6.54 Å². The summed E-state index contributed by atoms with van der Waals surface area (Å²) in [6, 6.07) is 13.8. The van der Waals surface area contributed by atoms with Gasteiger partial charge in [0.05, 0.1) is 18.4 Å². The van der Waals surface area contributed by atoms with Crippen LogP contribution in [0, 0.1) is 6.92 Å². The number of benzene rings is 1. The fourth-order valence-corrected chi connectivity index (χ4v) is 2.17. The lowest BCUT2D eigenvalue weighted by Gasteiger charge is -2.02. The molecule has 0 aliphatic carbocycles. The number of nitrogen functional groups attached to an aromatic ring is 1. The number of anilines is 1. The van der Waals surface area contributed by atoms with Gasteiger partial charge in [0.15, 0.2) is 0 Å². The van der Waals surface area contributed by atoms with Crippen LogP contribution in [-0.4, -0.2) is 14.8 Å². The quantitative estimate of drug-likeness (QED) is 0.740. The van der Waals surface area contributed by atoms with Crippen molar-refractivity contribution in [3.05, 3.63) is 66.2 Å². The molecule has 0 saturated heterocycles. The summed E-state index contributed by atoms with van der Waals surface area (Å²) in [5.74, 6) is 0. The maximum Gasteiger partial charge on any atom is 0.0831 e. The van der Waals surface area contributed by atoms with Crippen LogP contribution in [0.25, 0.3) is 11.1 Å². The molecule has 20 heavy (non-hydrogen) atoms. The van der Waals surface area contributed by atoms with Gasteiger partial charge in [0.2, 0.25) is 0 Å². The number of nitrogens with two attached hydrogens (primary N) is 1. The molecule has 0 amide bonds. The van der Waals surface area contributed by atoms with Crippen LogP contribution in [0.5, 0.6) is 0 Å². The zero-order valence-corrected chi connectivity index (χ0v) is 11.3. The van der Waals surface area contributed by atoms with Crippen LogP contribution < -0.4 is 5.73 Å². The van der Waals surface area contributed by atoms with E-state index in [4.69, 9.17) is 5.73 Å². The topological polar surface area (TPSA) is 56.7 Å². The molecule has 0 radical (unpaired) electrons. The summed E-state index contributed by atoms with van der Waals surface area (Å²) < 4.78 is 1.89. The van der Waals surface area contributed by atoms with Gasteiger partial charge >= 0.3 is 0 Å². The number of nitrogens with zero attached hydrogens (tertiary/aromatic N) is 3. The van der Waals surface area contributed by atoms with Gasteiger partial charge in [-0.1, -0.05) is 18.2 Å². The summed E-state index contributed by atoms with van der Waals surface area (Å²) in [4.78, 5) is 4.48. The summed E-state index contributed by atoms with van der Waals surface area (Å²) >= 11 is 0. The van der Waals surface area contributed by atoms with Crippen molar-refractivity contribution >= 4 is 5.69 Å². The second-order valence-corrected chi connectivity index (χ2v) is 4.82. The first-order chi connectivity index (χ1) is 9.70. The highest BCUT2D eigenvalue weighted by atomic mass is 15.3. The Hall–Kier alpha value is -2.62. The molecule has 3 aromatic rings. The maximum absolute atomic E-state index is 5.81. The molecule has 0 bridgehead atoms. The zero-order valence-electron chi connectivity index (χ0n) is 11.3. The second kappa shape index (κ2) is 5.17. The molecular formula is C16H16N4. The first kappa shape index (κ1) is 12.4. The predicted molar refractivity (Wildman–Crippen MR) is 80.2 cm³/mol. The lowest BCUT2D eigenvalue weighted by molar-refractivity contribution is 0.671. The molecule has 0 spiro atoms. The fourth-order valence-electron chi connectivity index (χ4n) is 2.17. The molecule has 1 aromatic carbocycles. The Morgan fingerprint density at radius 1 is 1.10 bits per heavy atom. The minimum Gasteiger partial charge on any atom is -0.399 e. The zero-order chi connectivity index (χ0) is 13.9. The molecule has 4 nitrogen and oxygen atoms in total. The highest BCUT2D eigenvalue weighted by Crippen LogP contribution is 2.20. The first-order valence-electron chi connectivity index (χ1n) is 6.51. The smallest absolute Gasteiger partial charge is 0.0831 e. The summed E-state index contributed by atoms with van der Waals surface area (Å²) in [7, 11) is 0. The van der Waals surface area contributed by atoms with Crippen molar-refractivity contribution in [1.29, 1.82) is 0 Å². The van der Waals surface area contributed by atoms with E-state index >= 15 is 0 Å². The van der Waals surface area contributed by atoms with Gasteiger partial charge in [0, 0.05) is 23.1 Å². The molecule has 0 aliphatic rings. The summed E-state index contributed by atoms with van der Waals surface area (Å²) in [5, 5.41) is 4.38. The van der Waals surface area contributed by atoms with Gasteiger partial charge in [-0.2, -0.15) is 5.10 Å². The molecule has 2 aromatic heterocycles. The van der Waals surface area contributed by atoms with E-state index in [1.54, 1.807) is 0 Å². The van der Waals surface area contributed by atoms with Crippen molar-refractivity contribution in [2.45, 2.75) is 13.5 Å². The minimum absolute atomic E-state index is 0.671. The number of hydrogen-bond acceptors (Lipinski definition) is 3. The molecule has 0 saturated carbocycles. The monoisotopic (exact) mass is 264 g/mol. The molecule has 0 aliphatic heterocycles. The number of rotatable bonds is 3. The van der Waals surface area contributed by atoms with Crippen LogP contribution >= 0.6 is 0 Å². The molecule has 0 unspecified atom stereocenters. The molecular weight excluding hydrogens is 248 g/mol. The van der Waals surface area contributed by atoms with Crippen molar-refractivity contribution in [2.24, 2.45) is 0 Å². The highest BCUT2D eigenvalue weighted by Gasteiger charge is 2.03. The third-order valence-corrected chi connectivity index (χ3v) is 3.12. The van der Waals surface area contributed by atoms with E-state index in [2.05, 4.69) is 10.1 Å². The van der Waals surface area contributed by atoms with Gasteiger partial charge in [0.1, 0.15) is 0 Å². The normalized spacial score (nSPS) is 10.7. The van der Waals surface area contributed by atoms with Gasteiger partial charge in [-0.05, 0) is 36.8 Å². The minimum atomic E-state index is 0.671. The van der Waals surface area contributed by atoms with Crippen LogP contribution in [0.1, 0.15) is 11.4 Å².